The van der Waals surface area contributed by atoms with Gasteiger partial charge < -0.3 is 0 Å². The molecule has 0 saturated heterocycles. The summed E-state index contributed by atoms with van der Waals surface area (Å²) in [6.07, 6.45) is 18.7. The van der Waals surface area contributed by atoms with Crippen LogP contribution in [0.15, 0.2) is 30.6 Å². The SMILES string of the molecule is CCCCc1cnc(-c2ccc(CCC3CCC(CCCC)CC3)cc2F)nc1. The molecule has 0 aliphatic heterocycles. The van der Waals surface area contributed by atoms with Gasteiger partial charge in [0, 0.05) is 12.4 Å². The summed E-state index contributed by atoms with van der Waals surface area (Å²) in [7, 11) is 0. The van der Waals surface area contributed by atoms with Crippen LogP contribution in [0.2, 0.25) is 0 Å². The van der Waals surface area contributed by atoms with Gasteiger partial charge in [0.2, 0.25) is 0 Å². The van der Waals surface area contributed by atoms with Crippen molar-refractivity contribution in [1.82, 2.24) is 9.97 Å². The Balaban J connectivity index is 1.51. The van der Waals surface area contributed by atoms with E-state index < -0.39 is 0 Å². The molecule has 0 N–H and O–H groups in total. The summed E-state index contributed by atoms with van der Waals surface area (Å²) < 4.78 is 14.7. The molecule has 0 unspecified atom stereocenters. The van der Waals surface area contributed by atoms with Crippen LogP contribution in [-0.2, 0) is 12.8 Å². The molecule has 2 aromatic rings. The van der Waals surface area contributed by atoms with Crippen molar-refractivity contribution in [3.8, 4) is 11.4 Å². The van der Waals surface area contributed by atoms with E-state index in [2.05, 4.69) is 29.9 Å². The lowest BCUT2D eigenvalue weighted by Crippen LogP contribution is -2.15. The van der Waals surface area contributed by atoms with Crippen LogP contribution in [0.1, 0.15) is 89.2 Å². The van der Waals surface area contributed by atoms with Crippen LogP contribution < -0.4 is 0 Å². The zero-order chi connectivity index (χ0) is 20.5. The Morgan fingerprint density at radius 1 is 0.828 bits per heavy atom. The number of nitrogens with zero attached hydrogens (tertiary/aromatic N) is 2. The number of hydrogen-bond donors (Lipinski definition) is 0. The fourth-order valence-corrected chi connectivity index (χ4v) is 4.57. The number of aromatic nitrogens is 2. The third kappa shape index (κ3) is 6.62. The van der Waals surface area contributed by atoms with E-state index in [9.17, 15) is 4.39 Å². The van der Waals surface area contributed by atoms with E-state index in [1.54, 1.807) is 6.07 Å². The normalized spacial score (nSPS) is 19.4. The van der Waals surface area contributed by atoms with Crippen molar-refractivity contribution in [3.05, 3.63) is 47.5 Å². The smallest absolute Gasteiger partial charge is 0.162 e. The van der Waals surface area contributed by atoms with Gasteiger partial charge in [0.05, 0.1) is 5.56 Å². The van der Waals surface area contributed by atoms with E-state index in [1.807, 2.05) is 18.5 Å². The Bertz CT molecular complexity index is 733. The Morgan fingerprint density at radius 3 is 2.10 bits per heavy atom. The Kier molecular flexibility index (Phi) is 8.64. The van der Waals surface area contributed by atoms with Crippen molar-refractivity contribution in [3.63, 3.8) is 0 Å². The van der Waals surface area contributed by atoms with Gasteiger partial charge in [-0.2, -0.15) is 0 Å². The molecule has 1 aromatic carbocycles. The summed E-state index contributed by atoms with van der Waals surface area (Å²) in [4.78, 5) is 8.78. The summed E-state index contributed by atoms with van der Waals surface area (Å²) >= 11 is 0. The van der Waals surface area contributed by atoms with Crippen LogP contribution in [0.3, 0.4) is 0 Å². The first-order valence-corrected chi connectivity index (χ1v) is 11.8. The Morgan fingerprint density at radius 2 is 1.48 bits per heavy atom. The summed E-state index contributed by atoms with van der Waals surface area (Å²) in [5, 5.41) is 0. The largest absolute Gasteiger partial charge is 0.236 e. The highest BCUT2D eigenvalue weighted by atomic mass is 19.1. The molecule has 1 aromatic heterocycles. The summed E-state index contributed by atoms with van der Waals surface area (Å²) in [5.41, 5.74) is 2.73. The molecule has 3 heteroatoms. The van der Waals surface area contributed by atoms with Crippen molar-refractivity contribution in [2.24, 2.45) is 11.8 Å². The minimum Gasteiger partial charge on any atom is -0.236 e. The fourth-order valence-electron chi connectivity index (χ4n) is 4.57. The number of halogens is 1. The van der Waals surface area contributed by atoms with Gasteiger partial charge in [-0.25, -0.2) is 14.4 Å². The van der Waals surface area contributed by atoms with Crippen LogP contribution in [-0.4, -0.2) is 9.97 Å². The van der Waals surface area contributed by atoms with Crippen molar-refractivity contribution >= 4 is 0 Å². The van der Waals surface area contributed by atoms with Crippen molar-refractivity contribution in [2.45, 2.75) is 90.9 Å². The van der Waals surface area contributed by atoms with Gasteiger partial charge in [0.25, 0.3) is 0 Å². The van der Waals surface area contributed by atoms with E-state index in [1.165, 1.54) is 51.4 Å². The lowest BCUT2D eigenvalue weighted by Gasteiger charge is -2.28. The van der Waals surface area contributed by atoms with Gasteiger partial charge in [0.1, 0.15) is 5.82 Å². The van der Waals surface area contributed by atoms with Crippen molar-refractivity contribution < 1.29 is 4.39 Å². The second kappa shape index (κ2) is 11.4. The van der Waals surface area contributed by atoms with Crippen LogP contribution >= 0.6 is 0 Å². The second-order valence-corrected chi connectivity index (χ2v) is 8.90. The number of benzene rings is 1. The molecule has 0 spiro atoms. The standard InChI is InChI=1S/C26H37FN2/c1-3-5-7-20-9-11-21(12-10-20)13-14-22-15-16-24(25(27)17-22)26-28-18-23(19-29-26)8-6-4-2/h15-21H,3-14H2,1-2H3. The van der Waals surface area contributed by atoms with Gasteiger partial charge in [-0.15, -0.1) is 0 Å². The van der Waals surface area contributed by atoms with E-state index in [0.717, 1.165) is 48.6 Å². The molecule has 1 fully saturated rings. The first-order valence-electron chi connectivity index (χ1n) is 11.8. The predicted molar refractivity (Wildman–Crippen MR) is 119 cm³/mol. The molecule has 2 nitrogen and oxygen atoms in total. The number of unbranched alkanes of at least 4 members (excludes halogenated alkanes) is 2. The zero-order valence-corrected chi connectivity index (χ0v) is 18.3. The molecule has 0 radical (unpaired) electrons. The topological polar surface area (TPSA) is 25.8 Å². The highest BCUT2D eigenvalue weighted by Gasteiger charge is 2.20. The summed E-state index contributed by atoms with van der Waals surface area (Å²) in [5.74, 6) is 2.05. The van der Waals surface area contributed by atoms with Crippen molar-refractivity contribution in [2.75, 3.05) is 0 Å². The average Bonchev–Trinajstić information content (AvgIpc) is 2.76. The molecule has 1 heterocycles. The molecular weight excluding hydrogens is 359 g/mol. The minimum absolute atomic E-state index is 0.202. The number of aryl methyl sites for hydroxylation is 2. The fraction of sp³-hybridized carbons (Fsp3) is 0.615. The lowest BCUT2D eigenvalue weighted by atomic mass is 9.78. The average molecular weight is 397 g/mol. The minimum atomic E-state index is -0.202. The third-order valence-electron chi connectivity index (χ3n) is 6.57. The van der Waals surface area contributed by atoms with E-state index in [-0.39, 0.29) is 5.82 Å². The lowest BCUT2D eigenvalue weighted by molar-refractivity contribution is 0.250. The highest BCUT2D eigenvalue weighted by Crippen LogP contribution is 2.34. The molecule has 0 bridgehead atoms. The summed E-state index contributed by atoms with van der Waals surface area (Å²) in [6, 6.07) is 5.60. The monoisotopic (exact) mass is 396 g/mol. The van der Waals surface area contributed by atoms with Gasteiger partial charge in [-0.3, -0.25) is 0 Å². The first-order chi connectivity index (χ1) is 14.2. The maximum atomic E-state index is 14.7. The van der Waals surface area contributed by atoms with Gasteiger partial charge in [0.15, 0.2) is 5.82 Å². The summed E-state index contributed by atoms with van der Waals surface area (Å²) in [6.45, 7) is 4.45. The molecule has 1 saturated carbocycles. The Hall–Kier alpha value is -1.77. The zero-order valence-electron chi connectivity index (χ0n) is 18.3. The molecule has 1 aliphatic rings. The molecule has 1 aliphatic carbocycles. The van der Waals surface area contributed by atoms with Crippen LogP contribution in [0, 0.1) is 17.7 Å². The number of hydrogen-bond acceptors (Lipinski definition) is 2. The van der Waals surface area contributed by atoms with Crippen molar-refractivity contribution in [1.29, 1.82) is 0 Å². The Labute approximate surface area is 176 Å². The highest BCUT2D eigenvalue weighted by molar-refractivity contribution is 5.56. The quantitative estimate of drug-likeness (QED) is 0.414. The van der Waals surface area contributed by atoms with E-state index in [4.69, 9.17) is 0 Å². The maximum absolute atomic E-state index is 14.7. The first kappa shape index (κ1) is 21.9. The van der Waals surface area contributed by atoms with Gasteiger partial charge in [-0.05, 0) is 60.8 Å². The van der Waals surface area contributed by atoms with Crippen LogP contribution in [0.25, 0.3) is 11.4 Å². The molecular formula is C26H37FN2. The van der Waals surface area contributed by atoms with Gasteiger partial charge in [-0.1, -0.05) is 71.3 Å². The third-order valence-corrected chi connectivity index (χ3v) is 6.57. The van der Waals surface area contributed by atoms with Crippen LogP contribution in [0.5, 0.6) is 0 Å². The van der Waals surface area contributed by atoms with Crippen LogP contribution in [0.4, 0.5) is 4.39 Å². The molecule has 0 atom stereocenters. The molecule has 0 amide bonds. The molecule has 3 rings (SSSR count). The molecule has 158 valence electrons. The van der Waals surface area contributed by atoms with E-state index in [0.29, 0.717) is 11.4 Å². The second-order valence-electron chi connectivity index (χ2n) is 8.90. The van der Waals surface area contributed by atoms with E-state index >= 15 is 0 Å². The molecule has 29 heavy (non-hydrogen) atoms. The maximum Gasteiger partial charge on any atom is 0.162 e. The van der Waals surface area contributed by atoms with Gasteiger partial charge >= 0.3 is 0 Å². The number of rotatable bonds is 10. The predicted octanol–water partition coefficient (Wildman–Crippen LogP) is 7.55.